The van der Waals surface area contributed by atoms with E-state index in [2.05, 4.69) is 48.5 Å². The van der Waals surface area contributed by atoms with Crippen LogP contribution in [-0.4, -0.2) is 17.4 Å². The lowest BCUT2D eigenvalue weighted by Gasteiger charge is -2.30. The summed E-state index contributed by atoms with van der Waals surface area (Å²) in [7, 11) is 0. The molecule has 0 spiro atoms. The lowest BCUT2D eigenvalue weighted by Crippen LogP contribution is -2.36. The van der Waals surface area contributed by atoms with Crippen LogP contribution in [0.2, 0.25) is 5.02 Å². The first-order valence-electron chi connectivity index (χ1n) is 13.4. The molecule has 0 radical (unpaired) electrons. The van der Waals surface area contributed by atoms with Crippen LogP contribution < -0.4 is 0 Å². The number of carbonyl (C=O) groups is 1. The van der Waals surface area contributed by atoms with Gasteiger partial charge in [0.1, 0.15) is 0 Å². The van der Waals surface area contributed by atoms with Crippen molar-refractivity contribution in [3.05, 3.63) is 178 Å². The number of hydrogen-bond donors (Lipinski definition) is 0. The summed E-state index contributed by atoms with van der Waals surface area (Å²) in [6.45, 7) is 1.04. The van der Waals surface area contributed by atoms with E-state index in [1.165, 1.54) is 11.1 Å². The highest BCUT2D eigenvalue weighted by atomic mass is 35.5. The molecule has 194 valence electrons. The normalized spacial score (nSPS) is 11.1. The summed E-state index contributed by atoms with van der Waals surface area (Å²) in [6, 6.07) is 49.1. The number of amides is 1. The maximum Gasteiger partial charge on any atom is 0.234 e. The highest BCUT2D eigenvalue weighted by molar-refractivity contribution is 6.31. The van der Waals surface area contributed by atoms with Crippen molar-refractivity contribution in [3.63, 3.8) is 0 Å². The third kappa shape index (κ3) is 6.66. The van der Waals surface area contributed by atoms with Gasteiger partial charge in [0.25, 0.3) is 0 Å². The minimum absolute atomic E-state index is 0.0761. The van der Waals surface area contributed by atoms with Crippen LogP contribution in [0.5, 0.6) is 0 Å². The predicted molar refractivity (Wildman–Crippen MR) is 161 cm³/mol. The number of halogens is 1. The largest absolute Gasteiger partial charge is 0.337 e. The van der Waals surface area contributed by atoms with Crippen molar-refractivity contribution in [1.29, 1.82) is 0 Å². The van der Waals surface area contributed by atoms with E-state index in [-0.39, 0.29) is 11.8 Å². The number of nitrogens with zero attached hydrogens (tertiary/aromatic N) is 1. The van der Waals surface area contributed by atoms with Gasteiger partial charge in [-0.05, 0) is 40.3 Å². The molecule has 0 N–H and O–H groups in total. The van der Waals surface area contributed by atoms with Crippen LogP contribution in [0, 0.1) is 0 Å². The molecule has 5 rings (SSSR count). The molecule has 0 unspecified atom stereocenters. The highest BCUT2D eigenvalue weighted by Gasteiger charge is 2.29. The Hall–Kier alpha value is -4.14. The molecular formula is C36H32ClNO. The lowest BCUT2D eigenvalue weighted by molar-refractivity contribution is -0.132. The number of hydrogen-bond acceptors (Lipinski definition) is 1. The van der Waals surface area contributed by atoms with Gasteiger partial charge in [0, 0.05) is 24.0 Å². The second kappa shape index (κ2) is 13.1. The van der Waals surface area contributed by atoms with E-state index in [0.29, 0.717) is 18.1 Å². The van der Waals surface area contributed by atoms with E-state index in [0.717, 1.165) is 23.1 Å². The number of benzene rings is 5. The Kier molecular flexibility index (Phi) is 8.88. The molecule has 0 atom stereocenters. The molecule has 0 aliphatic carbocycles. The smallest absolute Gasteiger partial charge is 0.234 e. The summed E-state index contributed by atoms with van der Waals surface area (Å²) in [4.78, 5) is 16.5. The Morgan fingerprint density at radius 1 is 0.564 bits per heavy atom. The summed E-state index contributed by atoms with van der Waals surface area (Å²) in [5.41, 5.74) is 5.41. The van der Waals surface area contributed by atoms with Crippen LogP contribution in [-0.2, 0) is 11.3 Å². The molecule has 1 amide bonds. The Morgan fingerprint density at radius 3 is 1.44 bits per heavy atom. The fourth-order valence-corrected chi connectivity index (χ4v) is 5.43. The molecule has 3 heteroatoms. The first kappa shape index (κ1) is 26.5. The number of carbonyl (C=O) groups excluding carboxylic acids is 1. The molecule has 0 aliphatic rings. The van der Waals surface area contributed by atoms with Crippen LogP contribution in [0.1, 0.15) is 46.1 Å². The van der Waals surface area contributed by atoms with E-state index in [1.54, 1.807) is 0 Å². The van der Waals surface area contributed by atoms with Gasteiger partial charge in [-0.1, -0.05) is 151 Å². The average Bonchev–Trinajstić information content (AvgIpc) is 3.00. The van der Waals surface area contributed by atoms with Gasteiger partial charge >= 0.3 is 0 Å². The zero-order chi connectivity index (χ0) is 26.9. The predicted octanol–water partition coefficient (Wildman–Crippen LogP) is 8.72. The fraction of sp³-hybridized carbons (Fsp3) is 0.139. The van der Waals surface area contributed by atoms with Gasteiger partial charge in [-0.15, -0.1) is 0 Å². The molecule has 0 saturated carbocycles. The Bertz CT molecular complexity index is 1380. The third-order valence-electron chi connectivity index (χ3n) is 7.24. The molecule has 5 aromatic carbocycles. The summed E-state index contributed by atoms with van der Waals surface area (Å²) >= 11 is 6.60. The molecular weight excluding hydrogens is 498 g/mol. The summed E-state index contributed by atoms with van der Waals surface area (Å²) in [5.74, 6) is -0.158. The van der Waals surface area contributed by atoms with Crippen molar-refractivity contribution in [2.45, 2.75) is 24.8 Å². The van der Waals surface area contributed by atoms with Gasteiger partial charge in [-0.3, -0.25) is 4.79 Å². The minimum Gasteiger partial charge on any atom is -0.337 e. The summed E-state index contributed by atoms with van der Waals surface area (Å²) in [6.07, 6.45) is 0.792. The molecule has 2 nitrogen and oxygen atoms in total. The van der Waals surface area contributed by atoms with Crippen molar-refractivity contribution in [2.24, 2.45) is 0 Å². The monoisotopic (exact) mass is 529 g/mol. The van der Waals surface area contributed by atoms with Crippen molar-refractivity contribution in [2.75, 3.05) is 6.54 Å². The zero-order valence-corrected chi connectivity index (χ0v) is 22.6. The molecule has 0 fully saturated rings. The van der Waals surface area contributed by atoms with Gasteiger partial charge in [0.15, 0.2) is 0 Å². The third-order valence-corrected chi connectivity index (χ3v) is 7.60. The van der Waals surface area contributed by atoms with E-state index >= 15 is 0 Å². The van der Waals surface area contributed by atoms with Crippen molar-refractivity contribution < 1.29 is 4.79 Å². The van der Waals surface area contributed by atoms with E-state index < -0.39 is 5.92 Å². The first-order valence-corrected chi connectivity index (χ1v) is 13.8. The van der Waals surface area contributed by atoms with Crippen LogP contribution in [0.4, 0.5) is 0 Å². The maximum atomic E-state index is 14.5. The minimum atomic E-state index is -0.401. The maximum absolute atomic E-state index is 14.5. The van der Waals surface area contributed by atoms with Gasteiger partial charge < -0.3 is 4.90 Å². The first-order chi connectivity index (χ1) is 19.2. The van der Waals surface area contributed by atoms with Crippen molar-refractivity contribution >= 4 is 17.5 Å². The lowest BCUT2D eigenvalue weighted by atomic mass is 9.87. The van der Waals surface area contributed by atoms with Crippen molar-refractivity contribution in [1.82, 2.24) is 4.90 Å². The molecule has 0 aliphatic heterocycles. The topological polar surface area (TPSA) is 20.3 Å². The molecule has 0 heterocycles. The van der Waals surface area contributed by atoms with E-state index in [1.807, 2.05) is 102 Å². The van der Waals surface area contributed by atoms with Crippen LogP contribution >= 0.6 is 11.6 Å². The van der Waals surface area contributed by atoms with Crippen LogP contribution in [0.15, 0.2) is 146 Å². The zero-order valence-electron chi connectivity index (χ0n) is 21.9. The number of rotatable bonds is 10. The summed E-state index contributed by atoms with van der Waals surface area (Å²) < 4.78 is 0. The quantitative estimate of drug-likeness (QED) is 0.177. The molecule has 0 aromatic heterocycles. The molecule has 0 saturated heterocycles. The molecule has 5 aromatic rings. The SMILES string of the molecule is O=C(C(c1ccccc1)c1ccccc1)N(CCC(c1ccccc1)c1ccccc1)Cc1ccccc1Cl. The summed E-state index contributed by atoms with van der Waals surface area (Å²) in [5, 5.41) is 0.675. The van der Waals surface area contributed by atoms with Crippen LogP contribution in [0.25, 0.3) is 0 Å². The van der Waals surface area contributed by atoms with Gasteiger partial charge in [-0.2, -0.15) is 0 Å². The Morgan fingerprint density at radius 2 is 0.974 bits per heavy atom. The average molecular weight is 530 g/mol. The van der Waals surface area contributed by atoms with Gasteiger partial charge in [0.2, 0.25) is 5.91 Å². The van der Waals surface area contributed by atoms with Gasteiger partial charge in [-0.25, -0.2) is 0 Å². The Balaban J connectivity index is 1.51. The second-order valence-electron chi connectivity index (χ2n) is 9.77. The fourth-order valence-electron chi connectivity index (χ4n) is 5.23. The van der Waals surface area contributed by atoms with E-state index in [9.17, 15) is 4.79 Å². The van der Waals surface area contributed by atoms with E-state index in [4.69, 9.17) is 11.6 Å². The molecule has 0 bridgehead atoms. The highest BCUT2D eigenvalue weighted by Crippen LogP contribution is 2.32. The molecule has 39 heavy (non-hydrogen) atoms. The van der Waals surface area contributed by atoms with Gasteiger partial charge in [0.05, 0.1) is 5.92 Å². The van der Waals surface area contributed by atoms with Crippen molar-refractivity contribution in [3.8, 4) is 0 Å². The Labute approximate surface area is 236 Å². The standard InChI is InChI=1S/C36H32ClNO/c37-34-24-14-13-23-32(34)27-38(26-25-33(28-15-5-1-6-16-28)29-17-7-2-8-18-29)36(39)35(30-19-9-3-10-20-30)31-21-11-4-12-22-31/h1-24,33,35H,25-27H2. The van der Waals surface area contributed by atoms with Crippen LogP contribution in [0.3, 0.4) is 0 Å². The second-order valence-corrected chi connectivity index (χ2v) is 10.2.